The van der Waals surface area contributed by atoms with Crippen LogP contribution in [0.3, 0.4) is 0 Å². The van der Waals surface area contributed by atoms with Crippen molar-refractivity contribution >= 4 is 28.9 Å². The van der Waals surface area contributed by atoms with Gasteiger partial charge in [0, 0.05) is 21.2 Å². The van der Waals surface area contributed by atoms with Gasteiger partial charge in [0.05, 0.1) is 24.6 Å². The molecule has 1 aliphatic heterocycles. The topological polar surface area (TPSA) is 92.8 Å². The summed E-state index contributed by atoms with van der Waals surface area (Å²) in [7, 11) is 0. The second kappa shape index (κ2) is 8.61. The van der Waals surface area contributed by atoms with Crippen molar-refractivity contribution in [3.05, 3.63) is 75.3 Å². The molecule has 2 aromatic carbocycles. The molecular formula is C20H18Cl2N4O3. The molecule has 2 N–H and O–H groups in total. The fraction of sp³-hybridized carbons (Fsp3) is 0.250. The second-order valence-electron chi connectivity index (χ2n) is 6.53. The van der Waals surface area contributed by atoms with Gasteiger partial charge in [-0.15, -0.1) is 10.2 Å². The molecule has 29 heavy (non-hydrogen) atoms. The normalized spacial score (nSPS) is 14.0. The maximum Gasteiger partial charge on any atom is 0.163 e. The van der Waals surface area contributed by atoms with Crippen molar-refractivity contribution in [1.29, 1.82) is 0 Å². The number of benzene rings is 2. The number of nitrogens with zero attached hydrogens (tertiary/aromatic N) is 4. The molecule has 0 saturated heterocycles. The Bertz CT molecular complexity index is 1070. The van der Waals surface area contributed by atoms with E-state index in [9.17, 15) is 5.11 Å². The number of hydrogen-bond acceptors (Lipinski definition) is 6. The fourth-order valence-corrected chi connectivity index (χ4v) is 3.58. The number of aliphatic imine (C=N–C) groups is 1. The van der Waals surface area contributed by atoms with E-state index in [-0.39, 0.29) is 19.8 Å². The first-order chi connectivity index (χ1) is 14.1. The van der Waals surface area contributed by atoms with Crippen molar-refractivity contribution in [2.24, 2.45) is 4.99 Å². The van der Waals surface area contributed by atoms with Crippen molar-refractivity contribution in [3.8, 4) is 5.69 Å². The quantitative estimate of drug-likeness (QED) is 0.624. The van der Waals surface area contributed by atoms with Crippen molar-refractivity contribution in [3.63, 3.8) is 0 Å². The van der Waals surface area contributed by atoms with Crippen LogP contribution in [0.1, 0.15) is 22.8 Å². The van der Waals surface area contributed by atoms with Crippen LogP contribution in [0.2, 0.25) is 10.0 Å². The van der Waals surface area contributed by atoms with Crippen LogP contribution in [0.5, 0.6) is 0 Å². The van der Waals surface area contributed by atoms with Gasteiger partial charge >= 0.3 is 0 Å². The van der Waals surface area contributed by atoms with Gasteiger partial charge in [-0.3, -0.25) is 9.56 Å². The Hall–Kier alpha value is -2.29. The SMILES string of the molecule is OCC(O)COCc1nnc2n1-c1ccc(Cl)cc1C(c1ccccc1Cl)=NC2. The summed E-state index contributed by atoms with van der Waals surface area (Å²) in [5.41, 5.74) is 3.15. The van der Waals surface area contributed by atoms with Crippen LogP contribution in [0, 0.1) is 0 Å². The highest BCUT2D eigenvalue weighted by Crippen LogP contribution is 2.30. The van der Waals surface area contributed by atoms with Gasteiger partial charge in [-0.05, 0) is 24.3 Å². The summed E-state index contributed by atoms with van der Waals surface area (Å²) in [5.74, 6) is 1.21. The first-order valence-electron chi connectivity index (χ1n) is 8.98. The predicted octanol–water partition coefficient (Wildman–Crippen LogP) is 2.79. The molecule has 0 amide bonds. The number of fused-ring (bicyclic) bond motifs is 3. The summed E-state index contributed by atoms with van der Waals surface area (Å²) >= 11 is 12.7. The van der Waals surface area contributed by atoms with Gasteiger partial charge in [-0.1, -0.05) is 41.4 Å². The summed E-state index contributed by atoms with van der Waals surface area (Å²) in [5, 5.41) is 28.1. The van der Waals surface area contributed by atoms with Gasteiger partial charge in [0.2, 0.25) is 0 Å². The molecule has 1 unspecified atom stereocenters. The van der Waals surface area contributed by atoms with Gasteiger partial charge in [0.25, 0.3) is 0 Å². The molecule has 0 fully saturated rings. The molecule has 0 bridgehead atoms. The highest BCUT2D eigenvalue weighted by molar-refractivity contribution is 6.36. The lowest BCUT2D eigenvalue weighted by Gasteiger charge is -2.15. The van der Waals surface area contributed by atoms with E-state index in [0.29, 0.717) is 28.2 Å². The zero-order valence-corrected chi connectivity index (χ0v) is 16.8. The second-order valence-corrected chi connectivity index (χ2v) is 7.37. The smallest absolute Gasteiger partial charge is 0.163 e. The zero-order valence-electron chi connectivity index (χ0n) is 15.3. The predicted molar refractivity (Wildman–Crippen MR) is 110 cm³/mol. The third-order valence-electron chi connectivity index (χ3n) is 4.51. The third kappa shape index (κ3) is 4.05. The number of aliphatic hydroxyl groups is 2. The lowest BCUT2D eigenvalue weighted by atomic mass is 10.0. The van der Waals surface area contributed by atoms with Crippen LogP contribution in [0.25, 0.3) is 5.69 Å². The molecule has 150 valence electrons. The Kier molecular flexibility index (Phi) is 5.94. The Labute approximate surface area is 177 Å². The van der Waals surface area contributed by atoms with E-state index >= 15 is 0 Å². The highest BCUT2D eigenvalue weighted by atomic mass is 35.5. The molecule has 0 saturated carbocycles. The molecule has 7 nitrogen and oxygen atoms in total. The van der Waals surface area contributed by atoms with E-state index in [1.54, 1.807) is 6.07 Å². The first kappa shape index (κ1) is 20.0. The minimum absolute atomic E-state index is 0.00641. The third-order valence-corrected chi connectivity index (χ3v) is 5.08. The first-order valence-corrected chi connectivity index (χ1v) is 9.73. The van der Waals surface area contributed by atoms with E-state index in [1.165, 1.54) is 0 Å². The molecule has 0 aliphatic carbocycles. The number of aliphatic hydroxyl groups excluding tert-OH is 2. The maximum absolute atomic E-state index is 9.48. The van der Waals surface area contributed by atoms with Gasteiger partial charge < -0.3 is 14.9 Å². The zero-order chi connectivity index (χ0) is 20.4. The minimum Gasteiger partial charge on any atom is -0.394 e. The van der Waals surface area contributed by atoms with Gasteiger partial charge in [-0.25, -0.2) is 0 Å². The lowest BCUT2D eigenvalue weighted by molar-refractivity contribution is -0.00212. The van der Waals surface area contributed by atoms with Crippen molar-refractivity contribution in [1.82, 2.24) is 14.8 Å². The molecule has 0 spiro atoms. The van der Waals surface area contributed by atoms with Crippen molar-refractivity contribution < 1.29 is 14.9 Å². The van der Waals surface area contributed by atoms with Crippen molar-refractivity contribution in [2.75, 3.05) is 13.2 Å². The van der Waals surface area contributed by atoms with Gasteiger partial charge in [0.1, 0.15) is 19.3 Å². The van der Waals surface area contributed by atoms with Gasteiger partial charge in [0.15, 0.2) is 11.6 Å². The molecule has 1 aromatic heterocycles. The van der Waals surface area contributed by atoms with E-state index in [4.69, 9.17) is 38.0 Å². The van der Waals surface area contributed by atoms with Crippen LogP contribution >= 0.6 is 23.2 Å². The van der Waals surface area contributed by atoms with Crippen LogP contribution < -0.4 is 0 Å². The van der Waals surface area contributed by atoms with Crippen LogP contribution in [0.4, 0.5) is 0 Å². The lowest BCUT2D eigenvalue weighted by Crippen LogP contribution is -2.20. The monoisotopic (exact) mass is 432 g/mol. The van der Waals surface area contributed by atoms with E-state index in [2.05, 4.69) is 10.2 Å². The average molecular weight is 433 g/mol. The van der Waals surface area contributed by atoms with E-state index < -0.39 is 6.10 Å². The number of hydrogen-bond donors (Lipinski definition) is 2. The molecular weight excluding hydrogens is 415 g/mol. The summed E-state index contributed by atoms with van der Waals surface area (Å²) in [4.78, 5) is 4.75. The average Bonchev–Trinajstić information content (AvgIpc) is 3.04. The number of halogens is 2. The molecule has 1 aliphatic rings. The standard InChI is InChI=1S/C20H18Cl2N4O3/c21-12-5-6-17-15(7-12)20(14-3-1-2-4-16(14)22)23-8-18-24-25-19(26(17)18)11-29-10-13(28)9-27/h1-7,13,27-28H,8-11H2. The minimum atomic E-state index is -0.942. The van der Waals surface area contributed by atoms with Crippen LogP contribution in [0.15, 0.2) is 47.5 Å². The number of rotatable bonds is 6. The molecule has 0 radical (unpaired) electrons. The van der Waals surface area contributed by atoms with Crippen LogP contribution in [-0.4, -0.2) is 50.0 Å². The summed E-state index contributed by atoms with van der Waals surface area (Å²) < 4.78 is 7.37. The fourth-order valence-electron chi connectivity index (χ4n) is 3.18. The summed E-state index contributed by atoms with van der Waals surface area (Å²) in [6.45, 7) is 0.0501. The molecule has 9 heteroatoms. The van der Waals surface area contributed by atoms with Crippen molar-refractivity contribution in [2.45, 2.75) is 19.3 Å². The van der Waals surface area contributed by atoms with Crippen LogP contribution in [-0.2, 0) is 17.9 Å². The van der Waals surface area contributed by atoms with Gasteiger partial charge in [-0.2, -0.15) is 0 Å². The Morgan fingerprint density at radius 1 is 1.10 bits per heavy atom. The largest absolute Gasteiger partial charge is 0.394 e. The molecule has 4 rings (SSSR count). The highest BCUT2D eigenvalue weighted by Gasteiger charge is 2.24. The Balaban J connectivity index is 1.77. The van der Waals surface area contributed by atoms with E-state index in [1.807, 2.05) is 41.0 Å². The summed E-state index contributed by atoms with van der Waals surface area (Å²) in [6, 6.07) is 13.0. The number of ether oxygens (including phenoxy) is 1. The number of aromatic nitrogens is 3. The molecule has 1 atom stereocenters. The Morgan fingerprint density at radius 3 is 2.72 bits per heavy atom. The maximum atomic E-state index is 9.48. The molecule has 3 aromatic rings. The van der Waals surface area contributed by atoms with E-state index in [0.717, 1.165) is 22.5 Å². The Morgan fingerprint density at radius 2 is 1.93 bits per heavy atom. The molecule has 2 heterocycles. The summed E-state index contributed by atoms with van der Waals surface area (Å²) in [6.07, 6.45) is -0.942.